The highest BCUT2D eigenvalue weighted by Gasteiger charge is 2.29. The van der Waals surface area contributed by atoms with Gasteiger partial charge in [0.05, 0.1) is 22.3 Å². The summed E-state index contributed by atoms with van der Waals surface area (Å²) in [5.41, 5.74) is 1.32. The molecule has 7 nitrogen and oxygen atoms in total. The van der Waals surface area contributed by atoms with E-state index < -0.39 is 5.97 Å². The minimum atomic E-state index is -0.873. The maximum atomic E-state index is 13.2. The fourth-order valence-corrected chi connectivity index (χ4v) is 5.56. The van der Waals surface area contributed by atoms with Crippen molar-refractivity contribution in [3.63, 3.8) is 0 Å². The van der Waals surface area contributed by atoms with Crippen LogP contribution in [0, 0.1) is 0 Å². The van der Waals surface area contributed by atoms with E-state index in [0.717, 1.165) is 49.2 Å². The predicted molar refractivity (Wildman–Crippen MR) is 129 cm³/mol. The zero-order valence-electron chi connectivity index (χ0n) is 18.4. The highest BCUT2D eigenvalue weighted by atomic mass is 32.2. The molecule has 0 aliphatic heterocycles. The van der Waals surface area contributed by atoms with E-state index in [2.05, 4.69) is 34.6 Å². The number of benzene rings is 1. The summed E-state index contributed by atoms with van der Waals surface area (Å²) >= 11 is 2.51. The second kappa shape index (κ2) is 12.8. The molecular weight excluding hydrogens is 446 g/mol. The molecule has 1 saturated carbocycles. The molecule has 0 radical (unpaired) electrons. The molecule has 1 fully saturated rings. The maximum Gasteiger partial charge on any atom is 0.323 e. The van der Waals surface area contributed by atoms with Gasteiger partial charge in [-0.1, -0.05) is 41.7 Å². The number of unbranched alkanes of at least 4 members (excludes halogenated alkanes) is 1. The number of anilines is 1. The van der Waals surface area contributed by atoms with Gasteiger partial charge in [0.25, 0.3) is 0 Å². The summed E-state index contributed by atoms with van der Waals surface area (Å²) < 4.78 is 6.27. The number of ether oxygens (including phenoxy) is 1. The number of hydrogen-bond acceptors (Lipinski definition) is 6. The van der Waals surface area contributed by atoms with E-state index in [9.17, 15) is 9.59 Å². The van der Waals surface area contributed by atoms with E-state index in [4.69, 9.17) is 9.84 Å². The SMILES string of the molecule is CO[C@H]1CC[C@H](N(CCCCc2ccccc2)C(=O)Nc2ncc(SCC(=O)O)s2)CC1. The van der Waals surface area contributed by atoms with Gasteiger partial charge in [0, 0.05) is 19.7 Å². The van der Waals surface area contributed by atoms with Gasteiger partial charge in [-0.2, -0.15) is 0 Å². The molecule has 32 heavy (non-hydrogen) atoms. The Labute approximate surface area is 197 Å². The van der Waals surface area contributed by atoms with Crippen LogP contribution in [-0.4, -0.2) is 58.5 Å². The highest BCUT2D eigenvalue weighted by Crippen LogP contribution is 2.29. The minimum absolute atomic E-state index is 0.0220. The van der Waals surface area contributed by atoms with Crippen LogP contribution >= 0.6 is 23.1 Å². The fraction of sp³-hybridized carbons (Fsp3) is 0.522. The number of carboxylic acid groups (broad SMARTS) is 1. The van der Waals surface area contributed by atoms with Crippen molar-refractivity contribution < 1.29 is 19.4 Å². The van der Waals surface area contributed by atoms with Crippen LogP contribution in [0.25, 0.3) is 0 Å². The third-order valence-corrected chi connectivity index (χ3v) is 7.76. The van der Waals surface area contributed by atoms with Gasteiger partial charge in [0.2, 0.25) is 0 Å². The predicted octanol–water partition coefficient (Wildman–Crippen LogP) is 5.13. The molecule has 0 spiro atoms. The van der Waals surface area contributed by atoms with Crippen molar-refractivity contribution >= 4 is 40.2 Å². The Balaban J connectivity index is 1.56. The number of aromatic nitrogens is 1. The zero-order valence-corrected chi connectivity index (χ0v) is 20.0. The molecule has 1 aliphatic carbocycles. The van der Waals surface area contributed by atoms with Crippen molar-refractivity contribution in [2.75, 3.05) is 24.7 Å². The molecule has 0 saturated heterocycles. The first kappa shape index (κ1) is 24.5. The lowest BCUT2D eigenvalue weighted by Crippen LogP contribution is -2.45. The van der Waals surface area contributed by atoms with Crippen molar-refractivity contribution in [3.8, 4) is 0 Å². The molecule has 1 aliphatic rings. The van der Waals surface area contributed by atoms with Gasteiger partial charge in [0.1, 0.15) is 0 Å². The number of urea groups is 1. The number of aryl methyl sites for hydroxylation is 1. The maximum absolute atomic E-state index is 13.2. The Hall–Kier alpha value is -2.10. The molecule has 2 aromatic rings. The molecule has 2 N–H and O–H groups in total. The van der Waals surface area contributed by atoms with E-state index in [1.807, 2.05) is 11.0 Å². The Morgan fingerprint density at radius 2 is 1.97 bits per heavy atom. The number of nitrogens with one attached hydrogen (secondary N) is 1. The number of amides is 2. The normalized spacial score (nSPS) is 18.3. The van der Waals surface area contributed by atoms with Crippen molar-refractivity contribution in [3.05, 3.63) is 42.1 Å². The Morgan fingerprint density at radius 1 is 1.22 bits per heavy atom. The summed E-state index contributed by atoms with van der Waals surface area (Å²) in [4.78, 5) is 30.1. The second-order valence-electron chi connectivity index (χ2n) is 7.90. The monoisotopic (exact) mass is 477 g/mol. The van der Waals surface area contributed by atoms with Gasteiger partial charge < -0.3 is 14.7 Å². The van der Waals surface area contributed by atoms with E-state index in [1.165, 1.54) is 28.7 Å². The Bertz CT molecular complexity index is 854. The number of carbonyl (C=O) groups excluding carboxylic acids is 1. The summed E-state index contributed by atoms with van der Waals surface area (Å²) in [7, 11) is 1.75. The molecule has 3 rings (SSSR count). The molecule has 0 atom stereocenters. The molecule has 174 valence electrons. The molecule has 0 bridgehead atoms. The summed E-state index contributed by atoms with van der Waals surface area (Å²) in [6.07, 6.45) is 8.64. The number of carbonyl (C=O) groups is 2. The van der Waals surface area contributed by atoms with E-state index in [1.54, 1.807) is 13.3 Å². The number of thioether (sulfide) groups is 1. The third kappa shape index (κ3) is 7.79. The molecule has 9 heteroatoms. The van der Waals surface area contributed by atoms with Crippen molar-refractivity contribution in [1.82, 2.24) is 9.88 Å². The van der Waals surface area contributed by atoms with E-state index in [0.29, 0.717) is 11.7 Å². The Morgan fingerprint density at radius 3 is 2.66 bits per heavy atom. The zero-order chi connectivity index (χ0) is 22.8. The summed E-state index contributed by atoms with van der Waals surface area (Å²) in [5, 5.41) is 12.3. The smallest absolute Gasteiger partial charge is 0.323 e. The number of aliphatic carboxylic acids is 1. The van der Waals surface area contributed by atoms with Crippen LogP contribution in [0.4, 0.5) is 9.93 Å². The number of hydrogen-bond donors (Lipinski definition) is 2. The van der Waals surface area contributed by atoms with Crippen molar-refractivity contribution in [2.45, 2.75) is 61.3 Å². The number of rotatable bonds is 11. The quantitative estimate of drug-likeness (QED) is 0.344. The topological polar surface area (TPSA) is 91.8 Å². The van der Waals surface area contributed by atoms with Crippen LogP contribution in [0.5, 0.6) is 0 Å². The van der Waals surface area contributed by atoms with Crippen molar-refractivity contribution in [1.29, 1.82) is 0 Å². The minimum Gasteiger partial charge on any atom is -0.481 e. The van der Waals surface area contributed by atoms with Crippen LogP contribution < -0.4 is 5.32 Å². The number of carboxylic acids is 1. The average Bonchev–Trinajstić information content (AvgIpc) is 3.25. The lowest BCUT2D eigenvalue weighted by atomic mass is 9.91. The lowest BCUT2D eigenvalue weighted by Gasteiger charge is -2.36. The molecule has 0 unspecified atom stereocenters. The summed E-state index contributed by atoms with van der Waals surface area (Å²) in [6, 6.07) is 10.5. The van der Waals surface area contributed by atoms with Gasteiger partial charge >= 0.3 is 12.0 Å². The summed E-state index contributed by atoms with van der Waals surface area (Å²) in [5.74, 6) is -0.895. The molecular formula is C23H31N3O4S2. The van der Waals surface area contributed by atoms with Crippen LogP contribution in [0.2, 0.25) is 0 Å². The largest absolute Gasteiger partial charge is 0.481 e. The second-order valence-corrected chi connectivity index (χ2v) is 10.2. The van der Waals surface area contributed by atoms with Crippen LogP contribution in [0.3, 0.4) is 0 Å². The van der Waals surface area contributed by atoms with Crippen molar-refractivity contribution in [2.24, 2.45) is 0 Å². The van der Waals surface area contributed by atoms with E-state index in [-0.39, 0.29) is 23.9 Å². The standard InChI is InChI=1S/C23H31N3O4S2/c1-30-19-12-10-18(11-13-19)26(14-6-5-9-17-7-3-2-4-8-17)23(29)25-22-24-15-21(32-22)31-16-20(27)28/h2-4,7-8,15,18-19H,5-6,9-14,16H2,1H3,(H,27,28)(H,24,25,29)/t18-,19-. The van der Waals surface area contributed by atoms with Crippen LogP contribution in [0.15, 0.2) is 40.7 Å². The average molecular weight is 478 g/mol. The van der Waals surface area contributed by atoms with E-state index >= 15 is 0 Å². The first-order valence-electron chi connectivity index (χ1n) is 11.0. The fourth-order valence-electron chi connectivity index (χ4n) is 3.98. The Kier molecular flexibility index (Phi) is 9.83. The van der Waals surface area contributed by atoms with Gasteiger partial charge in [-0.3, -0.25) is 10.1 Å². The van der Waals surface area contributed by atoms with Crippen LogP contribution in [0.1, 0.15) is 44.1 Å². The van der Waals surface area contributed by atoms with Crippen LogP contribution in [-0.2, 0) is 16.0 Å². The first-order chi connectivity index (χ1) is 15.5. The number of thiazole rings is 1. The summed E-state index contributed by atoms with van der Waals surface area (Å²) in [6.45, 7) is 0.701. The number of nitrogens with zero attached hydrogens (tertiary/aromatic N) is 2. The van der Waals surface area contributed by atoms with Gasteiger partial charge in [0.15, 0.2) is 5.13 Å². The molecule has 1 aromatic carbocycles. The molecule has 1 aromatic heterocycles. The third-order valence-electron chi connectivity index (χ3n) is 5.67. The first-order valence-corrected chi connectivity index (χ1v) is 12.8. The highest BCUT2D eigenvalue weighted by molar-refractivity contribution is 8.01. The van der Waals surface area contributed by atoms with Gasteiger partial charge in [-0.25, -0.2) is 9.78 Å². The molecule has 2 amide bonds. The number of methoxy groups -OCH3 is 1. The molecule has 1 heterocycles. The van der Waals surface area contributed by atoms with Gasteiger partial charge in [-0.15, -0.1) is 11.8 Å². The lowest BCUT2D eigenvalue weighted by molar-refractivity contribution is -0.133. The van der Waals surface area contributed by atoms with Gasteiger partial charge in [-0.05, 0) is 50.5 Å².